The number of carbonyl (C=O) groups is 1. The van der Waals surface area contributed by atoms with Crippen LogP contribution in [0.5, 0.6) is 5.75 Å². The number of phenolic OH excluding ortho intramolecular Hbond substituents is 1. The molecule has 0 aliphatic heterocycles. The number of ether oxygens (including phenoxy) is 1. The number of phenols is 1. The van der Waals surface area contributed by atoms with Gasteiger partial charge in [0.25, 0.3) is 5.69 Å². The molecule has 0 radical (unpaired) electrons. The van der Waals surface area contributed by atoms with E-state index in [9.17, 15) is 20.0 Å². The van der Waals surface area contributed by atoms with Crippen molar-refractivity contribution >= 4 is 17.3 Å². The zero-order valence-corrected chi connectivity index (χ0v) is 10.3. The molecule has 1 unspecified atom stereocenters. The third kappa shape index (κ3) is 4.19. The molecule has 0 heterocycles. The Morgan fingerprint density at radius 3 is 2.79 bits per heavy atom. The first-order valence-electron chi connectivity index (χ1n) is 5.48. The molecule has 0 aliphatic carbocycles. The summed E-state index contributed by atoms with van der Waals surface area (Å²) in [6, 6.07) is 3.41. The summed E-state index contributed by atoms with van der Waals surface area (Å²) < 4.78 is 4.95. The minimum absolute atomic E-state index is 0.0312. The number of hydrogen-bond acceptors (Lipinski definition) is 6. The lowest BCUT2D eigenvalue weighted by Gasteiger charge is -2.13. The van der Waals surface area contributed by atoms with Gasteiger partial charge in [-0.25, -0.2) is 0 Å². The topological polar surface area (TPSA) is 128 Å². The summed E-state index contributed by atoms with van der Waals surface area (Å²) in [5, 5.41) is 22.5. The summed E-state index contributed by atoms with van der Waals surface area (Å²) in [4.78, 5) is 21.5. The number of methoxy groups -OCH3 is 1. The number of nitro groups is 1. The van der Waals surface area contributed by atoms with E-state index >= 15 is 0 Å². The zero-order valence-electron chi connectivity index (χ0n) is 10.3. The fourth-order valence-corrected chi connectivity index (χ4v) is 1.41. The van der Waals surface area contributed by atoms with Gasteiger partial charge < -0.3 is 20.9 Å². The number of benzene rings is 1. The molecule has 0 fully saturated rings. The number of non-ortho nitro benzene ring substituents is 1. The Labute approximate surface area is 109 Å². The molecule has 4 N–H and O–H groups in total. The summed E-state index contributed by atoms with van der Waals surface area (Å²) in [6.45, 7) is 0.191. The maximum absolute atomic E-state index is 11.6. The second kappa shape index (κ2) is 6.66. The van der Waals surface area contributed by atoms with Gasteiger partial charge in [0.05, 0.1) is 29.2 Å². The number of nitrogens with zero attached hydrogens (tertiary/aromatic N) is 1. The number of carbonyl (C=O) groups excluding carboxylic acids is 1. The highest BCUT2D eigenvalue weighted by atomic mass is 16.6. The Balaban J connectivity index is 2.72. The molecule has 8 nitrogen and oxygen atoms in total. The highest BCUT2D eigenvalue weighted by molar-refractivity contribution is 5.92. The van der Waals surface area contributed by atoms with E-state index in [2.05, 4.69) is 5.32 Å². The second-order valence-corrected chi connectivity index (χ2v) is 3.80. The molecule has 1 aromatic carbocycles. The van der Waals surface area contributed by atoms with Crippen LogP contribution in [0, 0.1) is 10.1 Å². The molecule has 8 heteroatoms. The van der Waals surface area contributed by atoms with Crippen molar-refractivity contribution in [2.24, 2.45) is 5.73 Å². The van der Waals surface area contributed by atoms with Gasteiger partial charge in [0.15, 0.2) is 0 Å². The highest BCUT2D eigenvalue weighted by Crippen LogP contribution is 2.27. The van der Waals surface area contributed by atoms with E-state index < -0.39 is 16.9 Å². The molecule has 19 heavy (non-hydrogen) atoms. The molecule has 0 saturated heterocycles. The molecule has 0 spiro atoms. The van der Waals surface area contributed by atoms with E-state index in [0.717, 1.165) is 6.07 Å². The molecule has 1 atom stereocenters. The normalized spacial score (nSPS) is 11.9. The summed E-state index contributed by atoms with van der Waals surface area (Å²) in [6.07, 6.45) is -0.385. The van der Waals surface area contributed by atoms with Crippen LogP contribution in [0.1, 0.15) is 6.42 Å². The maximum atomic E-state index is 11.6. The van der Waals surface area contributed by atoms with E-state index in [1.807, 2.05) is 0 Å². The average Bonchev–Trinajstić information content (AvgIpc) is 2.38. The minimum Gasteiger partial charge on any atom is -0.506 e. The van der Waals surface area contributed by atoms with Crippen LogP contribution in [0.4, 0.5) is 11.4 Å². The van der Waals surface area contributed by atoms with E-state index in [1.54, 1.807) is 0 Å². The van der Waals surface area contributed by atoms with E-state index in [4.69, 9.17) is 10.5 Å². The van der Waals surface area contributed by atoms with Crippen LogP contribution in [-0.4, -0.2) is 35.7 Å². The fourth-order valence-electron chi connectivity index (χ4n) is 1.41. The lowest BCUT2D eigenvalue weighted by Crippen LogP contribution is -2.28. The van der Waals surface area contributed by atoms with Crippen molar-refractivity contribution in [2.75, 3.05) is 19.0 Å². The Bertz CT molecular complexity index is 473. The van der Waals surface area contributed by atoms with Crippen LogP contribution in [0.3, 0.4) is 0 Å². The summed E-state index contributed by atoms with van der Waals surface area (Å²) in [5.41, 5.74) is 5.22. The van der Waals surface area contributed by atoms with Gasteiger partial charge in [-0.2, -0.15) is 0 Å². The summed E-state index contributed by atoms with van der Waals surface area (Å²) in [5.74, 6) is -0.772. The van der Waals surface area contributed by atoms with Gasteiger partial charge in [-0.1, -0.05) is 0 Å². The quantitative estimate of drug-likeness (QED) is 0.394. The van der Waals surface area contributed by atoms with E-state index in [-0.39, 0.29) is 30.1 Å². The third-order valence-corrected chi connectivity index (χ3v) is 2.48. The van der Waals surface area contributed by atoms with E-state index in [1.165, 1.54) is 19.2 Å². The molecular formula is C11H15N3O5. The number of nitrogens with two attached hydrogens (primary N) is 1. The minimum atomic E-state index is -0.638. The number of hydrogen-bond donors (Lipinski definition) is 3. The lowest BCUT2D eigenvalue weighted by molar-refractivity contribution is -0.384. The van der Waals surface area contributed by atoms with Crippen molar-refractivity contribution in [1.29, 1.82) is 0 Å². The number of anilines is 1. The van der Waals surface area contributed by atoms with Crippen molar-refractivity contribution in [1.82, 2.24) is 0 Å². The summed E-state index contributed by atoms with van der Waals surface area (Å²) >= 11 is 0. The Morgan fingerprint density at radius 1 is 1.63 bits per heavy atom. The first kappa shape index (κ1) is 14.9. The molecule has 0 saturated carbocycles. The lowest BCUT2D eigenvalue weighted by atomic mass is 10.2. The van der Waals surface area contributed by atoms with Gasteiger partial charge in [0.2, 0.25) is 5.91 Å². The largest absolute Gasteiger partial charge is 0.506 e. The number of aromatic hydroxyl groups is 1. The molecule has 1 amide bonds. The van der Waals surface area contributed by atoms with Crippen molar-refractivity contribution in [2.45, 2.75) is 12.5 Å². The van der Waals surface area contributed by atoms with Crippen molar-refractivity contribution in [3.63, 3.8) is 0 Å². The van der Waals surface area contributed by atoms with Crippen LogP contribution < -0.4 is 11.1 Å². The SMILES string of the molecule is COC(CN)CC(=O)Nc1ccc([N+](=O)[O-])cc1O. The number of nitrogens with one attached hydrogen (secondary N) is 1. The van der Waals surface area contributed by atoms with Gasteiger partial charge in [-0.15, -0.1) is 0 Å². The first-order valence-corrected chi connectivity index (χ1v) is 5.48. The fraction of sp³-hybridized carbons (Fsp3) is 0.364. The van der Waals surface area contributed by atoms with Crippen molar-refractivity contribution in [3.05, 3.63) is 28.3 Å². The predicted octanol–water partition coefficient (Wildman–Crippen LogP) is 0.603. The highest BCUT2D eigenvalue weighted by Gasteiger charge is 2.15. The van der Waals surface area contributed by atoms with Crippen LogP contribution in [0.2, 0.25) is 0 Å². The molecule has 0 bridgehead atoms. The van der Waals surface area contributed by atoms with E-state index in [0.29, 0.717) is 0 Å². The third-order valence-electron chi connectivity index (χ3n) is 2.48. The van der Waals surface area contributed by atoms with Gasteiger partial charge in [-0.05, 0) is 6.07 Å². The van der Waals surface area contributed by atoms with Crippen LogP contribution in [0.25, 0.3) is 0 Å². The van der Waals surface area contributed by atoms with Gasteiger partial charge in [0, 0.05) is 19.7 Å². The van der Waals surface area contributed by atoms with Gasteiger partial charge in [0.1, 0.15) is 5.75 Å². The molecular weight excluding hydrogens is 254 g/mol. The van der Waals surface area contributed by atoms with Crippen molar-refractivity contribution in [3.8, 4) is 5.75 Å². The molecule has 0 aromatic heterocycles. The molecule has 1 aromatic rings. The number of amides is 1. The van der Waals surface area contributed by atoms with Crippen LogP contribution in [0.15, 0.2) is 18.2 Å². The molecule has 1 rings (SSSR count). The average molecular weight is 269 g/mol. The van der Waals surface area contributed by atoms with Crippen LogP contribution >= 0.6 is 0 Å². The Kier molecular flexibility index (Phi) is 5.22. The standard InChI is InChI=1S/C11H15N3O5/c1-19-8(6-12)5-11(16)13-9-3-2-7(14(17)18)4-10(9)15/h2-4,8,15H,5-6,12H2,1H3,(H,13,16). The smallest absolute Gasteiger partial charge is 0.273 e. The maximum Gasteiger partial charge on any atom is 0.273 e. The van der Waals surface area contributed by atoms with Crippen LogP contribution in [-0.2, 0) is 9.53 Å². The Morgan fingerprint density at radius 2 is 2.32 bits per heavy atom. The number of rotatable bonds is 6. The number of nitro benzene ring substituents is 1. The zero-order chi connectivity index (χ0) is 14.4. The molecule has 0 aliphatic rings. The first-order chi connectivity index (χ1) is 8.97. The van der Waals surface area contributed by atoms with Crippen molar-refractivity contribution < 1.29 is 19.6 Å². The monoisotopic (exact) mass is 269 g/mol. The second-order valence-electron chi connectivity index (χ2n) is 3.80. The molecule has 104 valence electrons. The predicted molar refractivity (Wildman–Crippen MR) is 67.9 cm³/mol. The Hall–Kier alpha value is -2.19. The van der Waals surface area contributed by atoms with Gasteiger partial charge >= 0.3 is 0 Å². The van der Waals surface area contributed by atoms with Gasteiger partial charge in [-0.3, -0.25) is 14.9 Å². The summed E-state index contributed by atoms with van der Waals surface area (Å²) in [7, 11) is 1.44.